The van der Waals surface area contributed by atoms with E-state index in [0.717, 1.165) is 0 Å². The molecule has 6 nitrogen and oxygen atoms in total. The number of allylic oxidation sites excluding steroid dienone is 1. The minimum atomic E-state index is -0.109. The van der Waals surface area contributed by atoms with Crippen molar-refractivity contribution < 1.29 is 23.1 Å². The molecule has 4 aromatic rings. The van der Waals surface area contributed by atoms with Gasteiger partial charge in [-0.15, -0.1) is 0 Å². The molecule has 0 fully saturated rings. The number of ether oxygens (including phenoxy) is 2. The highest BCUT2D eigenvalue weighted by Crippen LogP contribution is 2.19. The third-order valence-corrected chi connectivity index (χ3v) is 4.54. The van der Waals surface area contributed by atoms with Gasteiger partial charge < -0.3 is 18.3 Å². The van der Waals surface area contributed by atoms with Crippen molar-refractivity contribution in [3.63, 3.8) is 0 Å². The van der Waals surface area contributed by atoms with Gasteiger partial charge in [-0.05, 0) is 60.7 Å². The Labute approximate surface area is 178 Å². The lowest BCUT2D eigenvalue weighted by Crippen LogP contribution is -2.05. The van der Waals surface area contributed by atoms with E-state index in [0.29, 0.717) is 53.4 Å². The number of hydrogen-bond acceptors (Lipinski definition) is 6. The Hall–Kier alpha value is -4.06. The van der Waals surface area contributed by atoms with Gasteiger partial charge in [0, 0.05) is 24.1 Å². The molecule has 0 radical (unpaired) electrons. The van der Waals surface area contributed by atoms with Gasteiger partial charge in [0.05, 0.1) is 31.1 Å². The van der Waals surface area contributed by atoms with Gasteiger partial charge in [-0.25, -0.2) is 0 Å². The Morgan fingerprint density at radius 1 is 0.871 bits per heavy atom. The molecule has 0 atom stereocenters. The Kier molecular flexibility index (Phi) is 6.28. The lowest BCUT2D eigenvalue weighted by Gasteiger charge is -2.08. The third kappa shape index (κ3) is 5.30. The number of rotatable bonds is 9. The summed E-state index contributed by atoms with van der Waals surface area (Å²) in [5, 5.41) is 0.525. The van der Waals surface area contributed by atoms with Crippen LogP contribution in [0.2, 0.25) is 0 Å². The van der Waals surface area contributed by atoms with Gasteiger partial charge in [-0.2, -0.15) is 0 Å². The second kappa shape index (κ2) is 9.63. The summed E-state index contributed by atoms with van der Waals surface area (Å²) in [4.78, 5) is 23.9. The van der Waals surface area contributed by atoms with Crippen LogP contribution >= 0.6 is 0 Å². The summed E-state index contributed by atoms with van der Waals surface area (Å²) >= 11 is 0. The molecule has 2 aromatic carbocycles. The molecule has 4 rings (SSSR count). The number of carbonyl (C=O) groups excluding carboxylic acids is 1. The summed E-state index contributed by atoms with van der Waals surface area (Å²) in [5.41, 5.74) is 0.985. The highest BCUT2D eigenvalue weighted by atomic mass is 16.5. The van der Waals surface area contributed by atoms with Crippen LogP contribution in [0.4, 0.5) is 0 Å². The van der Waals surface area contributed by atoms with Crippen LogP contribution in [-0.2, 0) is 0 Å². The maximum atomic E-state index is 12.2. The number of ketones is 1. The molecule has 2 aromatic heterocycles. The molecule has 156 valence electrons. The largest absolute Gasteiger partial charge is 0.493 e. The maximum Gasteiger partial charge on any atom is 0.192 e. The zero-order chi connectivity index (χ0) is 21.5. The van der Waals surface area contributed by atoms with Crippen molar-refractivity contribution >= 4 is 22.8 Å². The van der Waals surface area contributed by atoms with E-state index in [1.807, 2.05) is 0 Å². The fraction of sp³-hybridized carbons (Fsp3) is 0.120. The van der Waals surface area contributed by atoms with Crippen molar-refractivity contribution in [1.82, 2.24) is 0 Å². The molecule has 0 amide bonds. The average molecular weight is 416 g/mol. The standard InChI is InChI=1S/C25H20O6/c26-23(11-9-19-3-1-13-28-19)18-4-6-20(7-5-18)29-14-2-15-30-21-8-10-22-24(27)12-16-31-25(22)17-21/h1,3-13,16-17H,2,14-15H2/b11-9+. The molecule has 0 spiro atoms. The highest BCUT2D eigenvalue weighted by molar-refractivity contribution is 6.06. The fourth-order valence-corrected chi connectivity index (χ4v) is 2.95. The SMILES string of the molecule is O=C(/C=C/c1ccco1)c1ccc(OCCCOc2ccc3c(=O)ccoc3c2)cc1. The number of furan rings is 1. The number of carbonyl (C=O) groups is 1. The second-order valence-electron chi connectivity index (χ2n) is 6.73. The zero-order valence-electron chi connectivity index (χ0n) is 16.7. The predicted molar refractivity (Wildman–Crippen MR) is 117 cm³/mol. The number of benzene rings is 2. The first-order valence-electron chi connectivity index (χ1n) is 9.82. The van der Waals surface area contributed by atoms with Gasteiger partial charge in [0.15, 0.2) is 11.2 Å². The summed E-state index contributed by atoms with van der Waals surface area (Å²) in [6.07, 6.45) is 6.71. The van der Waals surface area contributed by atoms with Crippen molar-refractivity contribution in [3.8, 4) is 11.5 Å². The molecule has 0 bridgehead atoms. The van der Waals surface area contributed by atoms with Gasteiger partial charge in [-0.1, -0.05) is 0 Å². The molecule has 6 heteroatoms. The lowest BCUT2D eigenvalue weighted by atomic mass is 10.1. The van der Waals surface area contributed by atoms with Gasteiger partial charge in [0.2, 0.25) is 0 Å². The van der Waals surface area contributed by atoms with E-state index in [1.54, 1.807) is 66.9 Å². The van der Waals surface area contributed by atoms with Gasteiger partial charge in [0.25, 0.3) is 0 Å². The normalized spacial score (nSPS) is 11.1. The topological polar surface area (TPSA) is 78.9 Å². The first-order chi connectivity index (χ1) is 15.2. The Bertz CT molecular complexity index is 1230. The maximum absolute atomic E-state index is 12.2. The molecule has 0 aliphatic carbocycles. The van der Waals surface area contributed by atoms with Crippen molar-refractivity contribution in [2.75, 3.05) is 13.2 Å². The predicted octanol–water partition coefficient (Wildman–Crippen LogP) is 5.13. The summed E-state index contributed by atoms with van der Waals surface area (Å²) in [6.45, 7) is 0.922. The van der Waals surface area contributed by atoms with Crippen molar-refractivity contribution in [2.24, 2.45) is 0 Å². The summed E-state index contributed by atoms with van der Waals surface area (Å²) in [6, 6.07) is 17.1. The molecule has 31 heavy (non-hydrogen) atoms. The minimum Gasteiger partial charge on any atom is -0.493 e. The van der Waals surface area contributed by atoms with Crippen molar-refractivity contribution in [2.45, 2.75) is 6.42 Å². The number of hydrogen-bond donors (Lipinski definition) is 0. The molecule has 0 aliphatic heterocycles. The molecule has 0 N–H and O–H groups in total. The smallest absolute Gasteiger partial charge is 0.192 e. The minimum absolute atomic E-state index is 0.0811. The van der Waals surface area contributed by atoms with Crippen LogP contribution in [0.3, 0.4) is 0 Å². The first kappa shape index (κ1) is 20.2. The molecule has 0 unspecified atom stereocenters. The first-order valence-corrected chi connectivity index (χ1v) is 9.82. The molecule has 0 saturated carbocycles. The molecule has 0 saturated heterocycles. The van der Waals surface area contributed by atoms with Crippen LogP contribution < -0.4 is 14.9 Å². The van der Waals surface area contributed by atoms with E-state index >= 15 is 0 Å². The quantitative estimate of drug-likeness (QED) is 0.214. The van der Waals surface area contributed by atoms with E-state index in [1.165, 1.54) is 18.4 Å². The Morgan fingerprint density at radius 2 is 1.65 bits per heavy atom. The Balaban J connectivity index is 1.22. The van der Waals surface area contributed by atoms with E-state index in [-0.39, 0.29) is 11.2 Å². The van der Waals surface area contributed by atoms with Gasteiger partial charge in [-0.3, -0.25) is 9.59 Å². The van der Waals surface area contributed by atoms with Gasteiger partial charge >= 0.3 is 0 Å². The zero-order valence-corrected chi connectivity index (χ0v) is 16.7. The summed E-state index contributed by atoms with van der Waals surface area (Å²) in [7, 11) is 0. The van der Waals surface area contributed by atoms with E-state index in [9.17, 15) is 9.59 Å². The molecular weight excluding hydrogens is 396 g/mol. The van der Waals surface area contributed by atoms with E-state index < -0.39 is 0 Å². The fourth-order valence-electron chi connectivity index (χ4n) is 2.95. The van der Waals surface area contributed by atoms with Crippen molar-refractivity contribution in [1.29, 1.82) is 0 Å². The summed E-state index contributed by atoms with van der Waals surface area (Å²) in [5.74, 6) is 1.83. The Morgan fingerprint density at radius 3 is 2.42 bits per heavy atom. The monoisotopic (exact) mass is 416 g/mol. The number of fused-ring (bicyclic) bond motifs is 1. The molecule has 0 aliphatic rings. The lowest BCUT2D eigenvalue weighted by molar-refractivity contribution is 0.104. The van der Waals surface area contributed by atoms with Crippen LogP contribution in [-0.4, -0.2) is 19.0 Å². The van der Waals surface area contributed by atoms with Crippen LogP contribution in [0, 0.1) is 0 Å². The highest BCUT2D eigenvalue weighted by Gasteiger charge is 2.04. The molecular formula is C25H20O6. The average Bonchev–Trinajstić information content (AvgIpc) is 3.31. The second-order valence-corrected chi connectivity index (χ2v) is 6.73. The van der Waals surface area contributed by atoms with Crippen LogP contribution in [0.1, 0.15) is 22.5 Å². The van der Waals surface area contributed by atoms with E-state index in [2.05, 4.69) is 0 Å². The van der Waals surface area contributed by atoms with Crippen LogP contribution in [0.5, 0.6) is 11.5 Å². The van der Waals surface area contributed by atoms with Crippen molar-refractivity contribution in [3.05, 3.63) is 101 Å². The summed E-state index contributed by atoms with van der Waals surface area (Å²) < 4.78 is 21.9. The van der Waals surface area contributed by atoms with Crippen LogP contribution in [0.15, 0.2) is 92.9 Å². The van der Waals surface area contributed by atoms with Gasteiger partial charge in [0.1, 0.15) is 22.8 Å². The van der Waals surface area contributed by atoms with E-state index in [4.69, 9.17) is 18.3 Å². The molecule has 2 heterocycles. The third-order valence-electron chi connectivity index (χ3n) is 4.54. The van der Waals surface area contributed by atoms with Crippen LogP contribution in [0.25, 0.3) is 17.0 Å².